The zero-order valence-corrected chi connectivity index (χ0v) is 15.1. The van der Waals surface area contributed by atoms with Crippen LogP contribution in [-0.4, -0.2) is 49.0 Å². The van der Waals surface area contributed by atoms with Crippen molar-refractivity contribution in [2.75, 3.05) is 12.8 Å². The van der Waals surface area contributed by atoms with Gasteiger partial charge in [-0.05, 0) is 22.8 Å². The normalized spacial score (nSPS) is 22.6. The Hall–Kier alpha value is -2.74. The Morgan fingerprint density at radius 2 is 1.85 bits per heavy atom. The molecule has 1 aromatic carbocycles. The molecule has 2 unspecified atom stereocenters. The summed E-state index contributed by atoms with van der Waals surface area (Å²) in [6.07, 6.45) is 3.60. The summed E-state index contributed by atoms with van der Waals surface area (Å²) < 4.78 is 25.7. The van der Waals surface area contributed by atoms with Crippen molar-refractivity contribution in [2.24, 2.45) is 5.92 Å². The molecule has 7 nitrogen and oxygen atoms in total. The Kier molecular flexibility index (Phi) is 4.53. The van der Waals surface area contributed by atoms with Gasteiger partial charge in [-0.3, -0.25) is 18.7 Å². The third-order valence-corrected chi connectivity index (χ3v) is 5.54. The first-order valence-electron chi connectivity index (χ1n) is 7.99. The first kappa shape index (κ1) is 18.1. The Balaban J connectivity index is 2.12. The molecule has 8 heteroatoms. The van der Waals surface area contributed by atoms with Crippen molar-refractivity contribution in [3.63, 3.8) is 0 Å². The van der Waals surface area contributed by atoms with Crippen LogP contribution < -0.4 is 5.32 Å². The van der Waals surface area contributed by atoms with E-state index < -0.39 is 33.5 Å². The number of benzene rings is 1. The number of sulfonamides is 1. The largest absolute Gasteiger partial charge is 0.353 e. The van der Waals surface area contributed by atoms with Gasteiger partial charge in [0.15, 0.2) is 0 Å². The Labute approximate surface area is 151 Å². The van der Waals surface area contributed by atoms with E-state index in [1.165, 1.54) is 13.1 Å². The lowest BCUT2D eigenvalue weighted by Crippen LogP contribution is -2.47. The summed E-state index contributed by atoms with van der Waals surface area (Å²) in [6, 6.07) is 8.03. The molecule has 0 fully saturated rings. The van der Waals surface area contributed by atoms with Crippen LogP contribution in [0.5, 0.6) is 0 Å². The van der Waals surface area contributed by atoms with E-state index in [0.29, 0.717) is 16.7 Å². The van der Waals surface area contributed by atoms with Gasteiger partial charge in [-0.1, -0.05) is 30.3 Å². The van der Waals surface area contributed by atoms with E-state index in [1.54, 1.807) is 30.3 Å². The summed E-state index contributed by atoms with van der Waals surface area (Å²) in [5, 5.41) is 2.57. The summed E-state index contributed by atoms with van der Waals surface area (Å²) in [4.78, 5) is 36.0. The standard InChI is InChI=1S/C18H18N2O5S/c1-11(21)19-9-13-8-15(22)18(23)16-14(12-6-4-3-5-7-12)10-20(17(13)16)26(2,24)25/h3-8,10,16-17H,9H2,1-2H3,(H,19,21). The molecule has 26 heavy (non-hydrogen) atoms. The van der Waals surface area contributed by atoms with Gasteiger partial charge < -0.3 is 5.32 Å². The van der Waals surface area contributed by atoms with Crippen LogP contribution in [0.3, 0.4) is 0 Å². The van der Waals surface area contributed by atoms with Crippen LogP contribution >= 0.6 is 0 Å². The second-order valence-electron chi connectivity index (χ2n) is 6.32. The third kappa shape index (κ3) is 3.20. The molecule has 1 aromatic rings. The third-order valence-electron chi connectivity index (χ3n) is 4.44. The molecule has 0 saturated carbocycles. The molecule has 1 aliphatic carbocycles. The minimum absolute atomic E-state index is 0.00253. The van der Waals surface area contributed by atoms with E-state index in [-0.39, 0.29) is 12.5 Å². The van der Waals surface area contributed by atoms with Crippen LogP contribution in [0.25, 0.3) is 5.57 Å². The fourth-order valence-corrected chi connectivity index (χ4v) is 4.30. The molecule has 2 atom stereocenters. The van der Waals surface area contributed by atoms with Crippen molar-refractivity contribution < 1.29 is 22.8 Å². The van der Waals surface area contributed by atoms with Gasteiger partial charge in [0, 0.05) is 19.7 Å². The molecule has 0 saturated heterocycles. The Bertz CT molecular complexity index is 947. The SMILES string of the molecule is CC(=O)NCC1=CC(=O)C(=O)C2C(c3ccccc3)=CN(S(C)(=O)=O)C12. The number of hydrogen-bond acceptors (Lipinski definition) is 5. The second kappa shape index (κ2) is 6.53. The molecule has 136 valence electrons. The number of carbonyl (C=O) groups is 3. The monoisotopic (exact) mass is 374 g/mol. The number of amides is 1. The van der Waals surface area contributed by atoms with Crippen LogP contribution in [0.4, 0.5) is 0 Å². The van der Waals surface area contributed by atoms with Crippen LogP contribution in [0.1, 0.15) is 12.5 Å². The zero-order valence-electron chi connectivity index (χ0n) is 14.3. The molecular weight excluding hydrogens is 356 g/mol. The van der Waals surface area contributed by atoms with Crippen LogP contribution in [-0.2, 0) is 24.4 Å². The Morgan fingerprint density at radius 1 is 1.19 bits per heavy atom. The van der Waals surface area contributed by atoms with Gasteiger partial charge in [0.05, 0.1) is 18.2 Å². The van der Waals surface area contributed by atoms with E-state index >= 15 is 0 Å². The summed E-state index contributed by atoms with van der Waals surface area (Å²) in [5.41, 5.74) is 1.55. The van der Waals surface area contributed by atoms with E-state index in [2.05, 4.69) is 5.32 Å². The van der Waals surface area contributed by atoms with Crippen molar-refractivity contribution in [1.82, 2.24) is 9.62 Å². The van der Waals surface area contributed by atoms with Crippen molar-refractivity contribution >= 4 is 33.1 Å². The summed E-state index contributed by atoms with van der Waals surface area (Å²) >= 11 is 0. The number of nitrogens with one attached hydrogen (secondary N) is 1. The number of hydrogen-bond donors (Lipinski definition) is 1. The first-order chi connectivity index (χ1) is 12.2. The lowest BCUT2D eigenvalue weighted by atomic mass is 9.78. The maximum Gasteiger partial charge on any atom is 0.232 e. The van der Waals surface area contributed by atoms with Gasteiger partial charge in [0.25, 0.3) is 0 Å². The van der Waals surface area contributed by atoms with E-state index in [9.17, 15) is 22.8 Å². The topological polar surface area (TPSA) is 101 Å². The average molecular weight is 374 g/mol. The zero-order chi connectivity index (χ0) is 19.1. The number of Topliss-reactive ketones (excluding diaryl/α,β-unsaturated/α-hetero) is 1. The van der Waals surface area contributed by atoms with Gasteiger partial charge in [-0.2, -0.15) is 0 Å². The molecular formula is C18H18N2O5S. The van der Waals surface area contributed by atoms with E-state index in [1.807, 2.05) is 0 Å². The molecule has 0 spiro atoms. The number of ketones is 2. The summed E-state index contributed by atoms with van der Waals surface area (Å²) in [5.74, 6) is -2.58. The molecule has 0 bridgehead atoms. The summed E-state index contributed by atoms with van der Waals surface area (Å²) in [7, 11) is -3.69. The molecule has 1 aliphatic heterocycles. The number of fused-ring (bicyclic) bond motifs is 1. The van der Waals surface area contributed by atoms with Gasteiger partial charge >= 0.3 is 0 Å². The molecule has 3 rings (SSSR count). The predicted octanol–water partition coefficient (Wildman–Crippen LogP) is 0.502. The lowest BCUT2D eigenvalue weighted by Gasteiger charge is -2.32. The molecule has 2 aliphatic rings. The highest BCUT2D eigenvalue weighted by molar-refractivity contribution is 7.88. The minimum Gasteiger partial charge on any atom is -0.353 e. The highest BCUT2D eigenvalue weighted by Crippen LogP contribution is 2.42. The fraction of sp³-hybridized carbons (Fsp3) is 0.278. The Morgan fingerprint density at radius 3 is 2.42 bits per heavy atom. The van der Waals surface area contributed by atoms with Crippen LogP contribution in [0.2, 0.25) is 0 Å². The average Bonchev–Trinajstić information content (AvgIpc) is 2.99. The molecule has 0 radical (unpaired) electrons. The van der Waals surface area contributed by atoms with Gasteiger partial charge in [0.2, 0.25) is 27.5 Å². The molecule has 1 heterocycles. The molecule has 0 aromatic heterocycles. The number of allylic oxidation sites excluding steroid dienone is 1. The van der Waals surface area contributed by atoms with Crippen LogP contribution in [0, 0.1) is 5.92 Å². The van der Waals surface area contributed by atoms with Crippen molar-refractivity contribution in [3.05, 3.63) is 53.7 Å². The quantitative estimate of drug-likeness (QED) is 0.774. The molecule has 1 N–H and O–H groups in total. The lowest BCUT2D eigenvalue weighted by molar-refractivity contribution is -0.136. The predicted molar refractivity (Wildman–Crippen MR) is 95.2 cm³/mol. The van der Waals surface area contributed by atoms with E-state index in [0.717, 1.165) is 16.6 Å². The minimum atomic E-state index is -3.69. The van der Waals surface area contributed by atoms with Gasteiger partial charge in [0.1, 0.15) is 0 Å². The van der Waals surface area contributed by atoms with Crippen molar-refractivity contribution in [2.45, 2.75) is 13.0 Å². The van der Waals surface area contributed by atoms with Crippen LogP contribution in [0.15, 0.2) is 48.2 Å². The van der Waals surface area contributed by atoms with Crippen molar-refractivity contribution in [1.29, 1.82) is 0 Å². The highest BCUT2D eigenvalue weighted by atomic mass is 32.2. The summed E-state index contributed by atoms with van der Waals surface area (Å²) in [6.45, 7) is 1.32. The maximum absolute atomic E-state index is 12.6. The van der Waals surface area contributed by atoms with Gasteiger partial charge in [-0.15, -0.1) is 0 Å². The van der Waals surface area contributed by atoms with E-state index in [4.69, 9.17) is 0 Å². The fourth-order valence-electron chi connectivity index (χ4n) is 3.32. The number of carbonyl (C=O) groups excluding carboxylic acids is 3. The van der Waals surface area contributed by atoms with Crippen molar-refractivity contribution in [3.8, 4) is 0 Å². The number of rotatable bonds is 4. The van der Waals surface area contributed by atoms with Gasteiger partial charge in [-0.25, -0.2) is 8.42 Å². The maximum atomic E-state index is 12.6. The smallest absolute Gasteiger partial charge is 0.232 e. The highest BCUT2D eigenvalue weighted by Gasteiger charge is 2.49. The second-order valence-corrected chi connectivity index (χ2v) is 8.21. The number of nitrogens with zero attached hydrogens (tertiary/aromatic N) is 1. The molecule has 1 amide bonds. The first-order valence-corrected chi connectivity index (χ1v) is 9.83.